The van der Waals surface area contributed by atoms with Crippen LogP contribution in [0.25, 0.3) is 11.1 Å². The largest absolute Gasteiger partial charge is 0.494 e. The van der Waals surface area contributed by atoms with E-state index < -0.39 is 30.0 Å². The Kier molecular flexibility index (Phi) is 4.99. The first kappa shape index (κ1) is 19.7. The predicted octanol–water partition coefficient (Wildman–Crippen LogP) is 4.06. The summed E-state index contributed by atoms with van der Waals surface area (Å²) in [6.07, 6.45) is 0.211. The second-order valence-electron chi connectivity index (χ2n) is 8.05. The summed E-state index contributed by atoms with van der Waals surface area (Å²) in [6.45, 7) is 9.31. The number of hydrogen-bond donors (Lipinski definition) is 0. The lowest BCUT2D eigenvalue weighted by molar-refractivity contribution is -0.116. The normalized spacial score (nSPS) is 18.0. The molecule has 27 heavy (non-hydrogen) atoms. The molecule has 0 atom stereocenters. The molecule has 0 bridgehead atoms. The van der Waals surface area contributed by atoms with Gasteiger partial charge in [0.1, 0.15) is 17.4 Å². The molecule has 2 aromatic rings. The zero-order valence-corrected chi connectivity index (χ0v) is 16.2. The van der Waals surface area contributed by atoms with Gasteiger partial charge >= 0.3 is 7.12 Å². The van der Waals surface area contributed by atoms with E-state index in [0.29, 0.717) is 11.0 Å². The van der Waals surface area contributed by atoms with Gasteiger partial charge in [-0.15, -0.1) is 0 Å². The van der Waals surface area contributed by atoms with E-state index in [9.17, 15) is 13.6 Å². The molecular formula is C21H23BF2O3. The van der Waals surface area contributed by atoms with Gasteiger partial charge in [-0.1, -0.05) is 18.2 Å². The Labute approximate surface area is 158 Å². The number of hydrogen-bond acceptors (Lipinski definition) is 3. The molecule has 0 spiro atoms. The third kappa shape index (κ3) is 3.97. The monoisotopic (exact) mass is 372 g/mol. The van der Waals surface area contributed by atoms with Gasteiger partial charge in [-0.2, -0.15) is 0 Å². The topological polar surface area (TPSA) is 35.5 Å². The Bertz CT molecular complexity index is 877. The maximum atomic E-state index is 14.3. The average molecular weight is 372 g/mol. The van der Waals surface area contributed by atoms with Crippen LogP contribution in [0.15, 0.2) is 36.4 Å². The summed E-state index contributed by atoms with van der Waals surface area (Å²) in [5, 5.41) is 0. The lowest BCUT2D eigenvalue weighted by Crippen LogP contribution is -2.41. The van der Waals surface area contributed by atoms with Crippen LogP contribution < -0.4 is 5.46 Å². The zero-order chi connectivity index (χ0) is 20.0. The lowest BCUT2D eigenvalue weighted by atomic mass is 9.76. The highest BCUT2D eigenvalue weighted by molar-refractivity contribution is 6.62. The molecule has 0 N–H and O–H groups in total. The number of carbonyl (C=O) groups excluding carboxylic acids is 1. The van der Waals surface area contributed by atoms with Crippen LogP contribution in [0.5, 0.6) is 0 Å². The van der Waals surface area contributed by atoms with Crippen molar-refractivity contribution in [2.45, 2.75) is 52.2 Å². The molecular weight excluding hydrogens is 349 g/mol. The fourth-order valence-electron chi connectivity index (χ4n) is 3.10. The highest BCUT2D eigenvalue weighted by atomic mass is 19.1. The van der Waals surface area contributed by atoms with Gasteiger partial charge in [0.25, 0.3) is 0 Å². The molecule has 0 amide bonds. The first-order valence-electron chi connectivity index (χ1n) is 8.93. The summed E-state index contributed by atoms with van der Waals surface area (Å²) < 4.78 is 39.8. The van der Waals surface area contributed by atoms with Crippen molar-refractivity contribution in [2.75, 3.05) is 0 Å². The van der Waals surface area contributed by atoms with Gasteiger partial charge in [0.2, 0.25) is 0 Å². The summed E-state index contributed by atoms with van der Waals surface area (Å²) in [5.74, 6) is -1.30. The Morgan fingerprint density at radius 3 is 2.19 bits per heavy atom. The van der Waals surface area contributed by atoms with Gasteiger partial charge in [-0.05, 0) is 63.3 Å². The average Bonchev–Trinajstić information content (AvgIpc) is 2.74. The van der Waals surface area contributed by atoms with E-state index in [1.165, 1.54) is 19.1 Å². The first-order valence-corrected chi connectivity index (χ1v) is 8.93. The molecule has 2 aromatic carbocycles. The highest BCUT2D eigenvalue weighted by Gasteiger charge is 2.51. The van der Waals surface area contributed by atoms with Gasteiger partial charge in [0.05, 0.1) is 11.2 Å². The van der Waals surface area contributed by atoms with Crippen molar-refractivity contribution in [3.8, 4) is 11.1 Å². The van der Waals surface area contributed by atoms with Crippen molar-refractivity contribution in [1.82, 2.24) is 0 Å². The molecule has 0 unspecified atom stereocenters. The van der Waals surface area contributed by atoms with Crippen LogP contribution in [0.4, 0.5) is 8.78 Å². The lowest BCUT2D eigenvalue weighted by Gasteiger charge is -2.32. The maximum Gasteiger partial charge on any atom is 0.494 e. The zero-order valence-electron chi connectivity index (χ0n) is 16.2. The van der Waals surface area contributed by atoms with Crippen molar-refractivity contribution >= 4 is 18.4 Å². The summed E-state index contributed by atoms with van der Waals surface area (Å²) in [7, 11) is -0.635. The number of benzene rings is 2. The minimum absolute atomic E-state index is 0.00778. The Hall–Kier alpha value is -2.05. The molecule has 1 aliphatic rings. The van der Waals surface area contributed by atoms with Crippen LogP contribution in [0.2, 0.25) is 0 Å². The molecule has 0 aliphatic carbocycles. The van der Waals surface area contributed by atoms with Crippen LogP contribution in [0.1, 0.15) is 40.2 Å². The van der Waals surface area contributed by atoms with Crippen molar-refractivity contribution in [1.29, 1.82) is 0 Å². The first-order chi connectivity index (χ1) is 12.5. The fraction of sp³-hybridized carbons (Fsp3) is 0.381. The van der Waals surface area contributed by atoms with E-state index in [4.69, 9.17) is 9.31 Å². The summed E-state index contributed by atoms with van der Waals surface area (Å²) in [5.41, 5.74) is 1.21. The van der Waals surface area contributed by atoms with E-state index in [-0.39, 0.29) is 17.8 Å². The van der Waals surface area contributed by atoms with E-state index >= 15 is 0 Å². The molecule has 6 heteroatoms. The molecule has 1 aliphatic heterocycles. The van der Waals surface area contributed by atoms with Crippen LogP contribution in [0, 0.1) is 11.6 Å². The van der Waals surface area contributed by atoms with Crippen molar-refractivity contribution in [3.63, 3.8) is 0 Å². The van der Waals surface area contributed by atoms with Gasteiger partial charge in [-0.3, -0.25) is 4.79 Å². The smallest absolute Gasteiger partial charge is 0.399 e. The summed E-state index contributed by atoms with van der Waals surface area (Å²) in [4.78, 5) is 11.6. The Morgan fingerprint density at radius 1 is 1.00 bits per heavy atom. The third-order valence-electron chi connectivity index (χ3n) is 5.24. The standard InChI is InChI=1S/C21H23BF2O3/c1-13(25)8-14-9-15(18-7-6-17(23)12-19(18)24)11-16(10-14)22-26-20(2,3)21(4,5)27-22/h6-7,9-12H,8H2,1-5H3. The second-order valence-corrected chi connectivity index (χ2v) is 8.05. The number of rotatable bonds is 4. The molecule has 1 fully saturated rings. The van der Waals surface area contributed by atoms with E-state index in [0.717, 1.165) is 11.6 Å². The molecule has 0 saturated carbocycles. The van der Waals surface area contributed by atoms with Crippen LogP contribution in [0.3, 0.4) is 0 Å². The molecule has 3 nitrogen and oxygen atoms in total. The van der Waals surface area contributed by atoms with Gasteiger partial charge in [-0.25, -0.2) is 8.78 Å². The number of carbonyl (C=O) groups is 1. The minimum Gasteiger partial charge on any atom is -0.399 e. The molecule has 0 aromatic heterocycles. The Morgan fingerprint density at radius 2 is 1.63 bits per heavy atom. The van der Waals surface area contributed by atoms with E-state index in [1.54, 1.807) is 12.1 Å². The minimum atomic E-state index is -0.658. The van der Waals surface area contributed by atoms with Crippen LogP contribution in [-0.4, -0.2) is 24.1 Å². The molecule has 1 heterocycles. The number of ketones is 1. The maximum absolute atomic E-state index is 14.3. The van der Waals surface area contributed by atoms with E-state index in [1.807, 2.05) is 33.8 Å². The third-order valence-corrected chi connectivity index (χ3v) is 5.24. The number of halogens is 2. The van der Waals surface area contributed by atoms with Crippen molar-refractivity contribution in [2.24, 2.45) is 0 Å². The van der Waals surface area contributed by atoms with Crippen molar-refractivity contribution in [3.05, 3.63) is 53.6 Å². The van der Waals surface area contributed by atoms with Crippen LogP contribution >= 0.6 is 0 Å². The Balaban J connectivity index is 2.08. The molecule has 3 rings (SSSR count). The number of Topliss-reactive ketones (excluding diaryl/α,β-unsaturated/α-hetero) is 1. The van der Waals surface area contributed by atoms with E-state index in [2.05, 4.69) is 0 Å². The van der Waals surface area contributed by atoms with Gasteiger partial charge < -0.3 is 9.31 Å². The molecule has 142 valence electrons. The van der Waals surface area contributed by atoms with Crippen LogP contribution in [-0.2, 0) is 20.5 Å². The summed E-state index contributed by atoms with van der Waals surface area (Å²) >= 11 is 0. The quantitative estimate of drug-likeness (QED) is 0.760. The molecule has 1 saturated heterocycles. The van der Waals surface area contributed by atoms with Gasteiger partial charge in [0.15, 0.2) is 0 Å². The van der Waals surface area contributed by atoms with Crippen molar-refractivity contribution < 1.29 is 22.9 Å². The SMILES string of the molecule is CC(=O)Cc1cc(B2OC(C)(C)C(C)(C)O2)cc(-c2ccc(F)cc2F)c1. The molecule has 0 radical (unpaired) electrons. The highest BCUT2D eigenvalue weighted by Crippen LogP contribution is 2.37. The van der Waals surface area contributed by atoms with Gasteiger partial charge in [0, 0.05) is 18.1 Å². The fourth-order valence-corrected chi connectivity index (χ4v) is 3.10. The summed E-state index contributed by atoms with van der Waals surface area (Å²) in [6, 6.07) is 8.81. The predicted molar refractivity (Wildman–Crippen MR) is 102 cm³/mol. The second kappa shape index (κ2) is 6.84.